The van der Waals surface area contributed by atoms with E-state index in [0.717, 1.165) is 23.2 Å². The van der Waals surface area contributed by atoms with E-state index >= 15 is 0 Å². The number of hydrogen-bond acceptors (Lipinski definition) is 2. The third-order valence-corrected chi connectivity index (χ3v) is 2.80. The van der Waals surface area contributed by atoms with E-state index in [-0.39, 0.29) is 0 Å². The SMILES string of the molecule is CC(CN)Cc1cc2cccc(Cl)c2o1. The molecule has 2 aromatic rings. The van der Waals surface area contributed by atoms with Crippen LogP contribution in [0.5, 0.6) is 0 Å². The van der Waals surface area contributed by atoms with Gasteiger partial charge in [0.2, 0.25) is 0 Å². The first-order valence-electron chi connectivity index (χ1n) is 5.07. The lowest BCUT2D eigenvalue weighted by Crippen LogP contribution is -2.12. The molecule has 3 heteroatoms. The van der Waals surface area contributed by atoms with Gasteiger partial charge in [0.15, 0.2) is 5.58 Å². The summed E-state index contributed by atoms with van der Waals surface area (Å²) in [5.41, 5.74) is 6.35. The van der Waals surface area contributed by atoms with Gasteiger partial charge in [-0.25, -0.2) is 0 Å². The highest BCUT2D eigenvalue weighted by molar-refractivity contribution is 6.34. The number of para-hydroxylation sites is 1. The van der Waals surface area contributed by atoms with E-state index in [1.807, 2.05) is 24.3 Å². The van der Waals surface area contributed by atoms with E-state index in [1.165, 1.54) is 0 Å². The lowest BCUT2D eigenvalue weighted by Gasteiger charge is -2.03. The van der Waals surface area contributed by atoms with Crippen LogP contribution in [0.4, 0.5) is 0 Å². The zero-order valence-corrected chi connectivity index (χ0v) is 9.42. The molecule has 1 unspecified atom stereocenters. The molecule has 2 nitrogen and oxygen atoms in total. The molecule has 0 spiro atoms. The van der Waals surface area contributed by atoms with Crippen LogP contribution < -0.4 is 5.73 Å². The van der Waals surface area contributed by atoms with E-state index in [1.54, 1.807) is 0 Å². The molecule has 2 N–H and O–H groups in total. The van der Waals surface area contributed by atoms with Crippen molar-refractivity contribution >= 4 is 22.6 Å². The fourth-order valence-corrected chi connectivity index (χ4v) is 1.83. The number of fused-ring (bicyclic) bond motifs is 1. The van der Waals surface area contributed by atoms with Crippen LogP contribution in [-0.2, 0) is 6.42 Å². The molecule has 1 aromatic heterocycles. The smallest absolute Gasteiger partial charge is 0.152 e. The van der Waals surface area contributed by atoms with Gasteiger partial charge in [0.25, 0.3) is 0 Å². The van der Waals surface area contributed by atoms with Crippen LogP contribution in [0.15, 0.2) is 28.7 Å². The van der Waals surface area contributed by atoms with Crippen molar-refractivity contribution in [1.82, 2.24) is 0 Å². The molecule has 0 radical (unpaired) electrons. The Balaban J connectivity index is 2.35. The Kier molecular flexibility index (Phi) is 2.98. The zero-order chi connectivity index (χ0) is 10.8. The van der Waals surface area contributed by atoms with E-state index in [4.69, 9.17) is 21.8 Å². The molecule has 0 fully saturated rings. The minimum atomic E-state index is 0.435. The van der Waals surface area contributed by atoms with Crippen LogP contribution in [0.1, 0.15) is 12.7 Å². The Labute approximate surface area is 94.0 Å². The van der Waals surface area contributed by atoms with E-state index < -0.39 is 0 Å². The van der Waals surface area contributed by atoms with Gasteiger partial charge in [-0.1, -0.05) is 30.7 Å². The highest BCUT2D eigenvalue weighted by Crippen LogP contribution is 2.27. The van der Waals surface area contributed by atoms with Crippen molar-refractivity contribution in [3.05, 3.63) is 35.0 Å². The molecule has 15 heavy (non-hydrogen) atoms. The van der Waals surface area contributed by atoms with Gasteiger partial charge in [0.1, 0.15) is 5.76 Å². The lowest BCUT2D eigenvalue weighted by atomic mass is 10.1. The minimum Gasteiger partial charge on any atom is -0.459 e. The number of rotatable bonds is 3. The molecule has 80 valence electrons. The number of benzene rings is 1. The van der Waals surface area contributed by atoms with Crippen LogP contribution >= 0.6 is 11.6 Å². The Morgan fingerprint density at radius 2 is 2.27 bits per heavy atom. The lowest BCUT2D eigenvalue weighted by molar-refractivity contribution is 0.484. The van der Waals surface area contributed by atoms with Crippen molar-refractivity contribution in [2.24, 2.45) is 11.7 Å². The molecule has 0 amide bonds. The van der Waals surface area contributed by atoms with Gasteiger partial charge in [-0.3, -0.25) is 0 Å². The van der Waals surface area contributed by atoms with Crippen molar-refractivity contribution in [2.45, 2.75) is 13.3 Å². The first-order valence-corrected chi connectivity index (χ1v) is 5.45. The second-order valence-corrected chi connectivity index (χ2v) is 4.32. The Morgan fingerprint density at radius 3 is 2.93 bits per heavy atom. The van der Waals surface area contributed by atoms with Crippen LogP contribution in [0, 0.1) is 5.92 Å². The van der Waals surface area contributed by atoms with Gasteiger partial charge in [-0.2, -0.15) is 0 Å². The van der Waals surface area contributed by atoms with Gasteiger partial charge in [-0.05, 0) is 24.6 Å². The molecule has 0 aliphatic rings. The summed E-state index contributed by atoms with van der Waals surface area (Å²) in [6.45, 7) is 2.78. The monoisotopic (exact) mass is 223 g/mol. The summed E-state index contributed by atoms with van der Waals surface area (Å²) in [5, 5.41) is 1.72. The molecular weight excluding hydrogens is 210 g/mol. The van der Waals surface area contributed by atoms with Crippen LogP contribution in [-0.4, -0.2) is 6.54 Å². The largest absolute Gasteiger partial charge is 0.459 e. The topological polar surface area (TPSA) is 39.2 Å². The summed E-state index contributed by atoms with van der Waals surface area (Å²) in [6, 6.07) is 7.80. The fourth-order valence-electron chi connectivity index (χ4n) is 1.61. The Morgan fingerprint density at radius 1 is 1.47 bits per heavy atom. The molecule has 1 atom stereocenters. The predicted octanol–water partition coefficient (Wildman–Crippen LogP) is 3.22. The molecular formula is C12H14ClNO. The molecule has 1 aromatic carbocycles. The summed E-state index contributed by atoms with van der Waals surface area (Å²) in [6.07, 6.45) is 0.863. The fraction of sp³-hybridized carbons (Fsp3) is 0.333. The Hall–Kier alpha value is -0.990. The molecule has 0 saturated carbocycles. The maximum Gasteiger partial charge on any atom is 0.152 e. The maximum atomic E-state index is 6.02. The molecule has 0 aliphatic carbocycles. The summed E-state index contributed by atoms with van der Waals surface area (Å²) < 4.78 is 5.68. The number of furan rings is 1. The normalized spacial score (nSPS) is 13.3. The molecule has 2 rings (SSSR count). The van der Waals surface area contributed by atoms with Crippen molar-refractivity contribution in [3.63, 3.8) is 0 Å². The molecule has 1 heterocycles. The van der Waals surface area contributed by atoms with E-state index in [9.17, 15) is 0 Å². The molecule has 0 saturated heterocycles. The Bertz CT molecular complexity index is 464. The predicted molar refractivity (Wildman–Crippen MR) is 63.1 cm³/mol. The summed E-state index contributed by atoms with van der Waals surface area (Å²) >= 11 is 6.02. The number of hydrogen-bond donors (Lipinski definition) is 1. The van der Waals surface area contributed by atoms with Gasteiger partial charge < -0.3 is 10.2 Å². The van der Waals surface area contributed by atoms with Crippen LogP contribution in [0.3, 0.4) is 0 Å². The summed E-state index contributed by atoms with van der Waals surface area (Å²) in [4.78, 5) is 0. The van der Waals surface area contributed by atoms with Gasteiger partial charge >= 0.3 is 0 Å². The van der Waals surface area contributed by atoms with Crippen molar-refractivity contribution in [1.29, 1.82) is 0 Å². The zero-order valence-electron chi connectivity index (χ0n) is 8.66. The summed E-state index contributed by atoms with van der Waals surface area (Å²) in [5.74, 6) is 1.39. The highest BCUT2D eigenvalue weighted by Gasteiger charge is 2.09. The van der Waals surface area contributed by atoms with E-state index in [0.29, 0.717) is 17.5 Å². The molecule has 0 bridgehead atoms. The number of halogens is 1. The quantitative estimate of drug-likeness (QED) is 0.868. The second kappa shape index (κ2) is 4.25. The minimum absolute atomic E-state index is 0.435. The average molecular weight is 224 g/mol. The third kappa shape index (κ3) is 2.16. The highest BCUT2D eigenvalue weighted by atomic mass is 35.5. The van der Waals surface area contributed by atoms with Gasteiger partial charge in [-0.15, -0.1) is 0 Å². The van der Waals surface area contributed by atoms with E-state index in [2.05, 4.69) is 6.92 Å². The van der Waals surface area contributed by atoms with Crippen LogP contribution in [0.25, 0.3) is 11.0 Å². The maximum absolute atomic E-state index is 6.02. The van der Waals surface area contributed by atoms with Crippen molar-refractivity contribution < 1.29 is 4.42 Å². The van der Waals surface area contributed by atoms with Crippen molar-refractivity contribution in [2.75, 3.05) is 6.54 Å². The van der Waals surface area contributed by atoms with Gasteiger partial charge in [0, 0.05) is 11.8 Å². The first kappa shape index (κ1) is 10.5. The first-order chi connectivity index (χ1) is 7.20. The van der Waals surface area contributed by atoms with Crippen LogP contribution in [0.2, 0.25) is 5.02 Å². The molecule has 0 aliphatic heterocycles. The third-order valence-electron chi connectivity index (χ3n) is 2.50. The second-order valence-electron chi connectivity index (χ2n) is 3.92. The van der Waals surface area contributed by atoms with Crippen molar-refractivity contribution in [3.8, 4) is 0 Å². The van der Waals surface area contributed by atoms with Gasteiger partial charge in [0.05, 0.1) is 5.02 Å². The summed E-state index contributed by atoms with van der Waals surface area (Å²) in [7, 11) is 0. The number of nitrogens with two attached hydrogens (primary N) is 1. The average Bonchev–Trinajstić information content (AvgIpc) is 2.62. The standard InChI is InChI=1S/C12H14ClNO/c1-8(7-14)5-10-6-9-3-2-4-11(13)12(9)15-10/h2-4,6,8H,5,7,14H2,1H3.